The van der Waals surface area contributed by atoms with Crippen molar-refractivity contribution in [2.45, 2.75) is 19.5 Å². The van der Waals surface area contributed by atoms with Gasteiger partial charge in [0.2, 0.25) is 0 Å². The first-order valence-corrected chi connectivity index (χ1v) is 6.03. The van der Waals surface area contributed by atoms with Gasteiger partial charge in [-0.25, -0.2) is 0 Å². The standard InChI is InChI=1S/C13H21N3O3/c1-9-5-10(13(14)16-18)3-4-11(9)6-15-12(7-17)8-19-2/h3-5,12,15,17-18H,6-8H2,1-2H3,(H2,14,16). The fourth-order valence-corrected chi connectivity index (χ4v) is 1.74. The summed E-state index contributed by atoms with van der Waals surface area (Å²) in [5, 5.41) is 23.9. The number of aliphatic hydroxyl groups is 1. The lowest BCUT2D eigenvalue weighted by molar-refractivity contribution is 0.128. The van der Waals surface area contributed by atoms with Gasteiger partial charge in [-0.05, 0) is 24.1 Å². The fourth-order valence-electron chi connectivity index (χ4n) is 1.74. The van der Waals surface area contributed by atoms with Crippen LogP contribution in [0.1, 0.15) is 16.7 Å². The van der Waals surface area contributed by atoms with Gasteiger partial charge >= 0.3 is 0 Å². The molecule has 106 valence electrons. The number of amidine groups is 1. The van der Waals surface area contributed by atoms with E-state index in [-0.39, 0.29) is 18.5 Å². The highest BCUT2D eigenvalue weighted by Crippen LogP contribution is 2.11. The van der Waals surface area contributed by atoms with E-state index < -0.39 is 0 Å². The lowest BCUT2D eigenvalue weighted by Crippen LogP contribution is -2.36. The first-order valence-electron chi connectivity index (χ1n) is 6.03. The number of nitrogens with zero attached hydrogens (tertiary/aromatic N) is 1. The average Bonchev–Trinajstić information content (AvgIpc) is 2.43. The molecule has 6 heteroatoms. The number of nitrogens with two attached hydrogens (primary N) is 1. The number of nitrogens with one attached hydrogen (secondary N) is 1. The van der Waals surface area contributed by atoms with Crippen molar-refractivity contribution in [2.75, 3.05) is 20.3 Å². The summed E-state index contributed by atoms with van der Waals surface area (Å²) >= 11 is 0. The van der Waals surface area contributed by atoms with Crippen molar-refractivity contribution in [3.8, 4) is 0 Å². The van der Waals surface area contributed by atoms with Crippen molar-refractivity contribution in [1.29, 1.82) is 0 Å². The number of hydrogen-bond acceptors (Lipinski definition) is 5. The summed E-state index contributed by atoms with van der Waals surface area (Å²) < 4.78 is 5.00. The molecule has 0 amide bonds. The third kappa shape index (κ3) is 4.51. The molecular formula is C13H21N3O3. The highest BCUT2D eigenvalue weighted by Gasteiger charge is 2.08. The molecule has 1 unspecified atom stereocenters. The molecule has 0 radical (unpaired) electrons. The van der Waals surface area contributed by atoms with Crippen LogP contribution in [0.4, 0.5) is 0 Å². The number of benzene rings is 1. The van der Waals surface area contributed by atoms with Gasteiger partial charge in [-0.2, -0.15) is 0 Å². The van der Waals surface area contributed by atoms with Crippen LogP contribution in [-0.4, -0.2) is 42.5 Å². The lowest BCUT2D eigenvalue weighted by atomic mass is 10.0. The van der Waals surface area contributed by atoms with E-state index >= 15 is 0 Å². The van der Waals surface area contributed by atoms with Crippen LogP contribution in [-0.2, 0) is 11.3 Å². The van der Waals surface area contributed by atoms with Crippen LogP contribution in [0.3, 0.4) is 0 Å². The van der Waals surface area contributed by atoms with Crippen LogP contribution in [0.5, 0.6) is 0 Å². The molecule has 0 saturated heterocycles. The molecule has 5 N–H and O–H groups in total. The first-order chi connectivity index (χ1) is 9.12. The summed E-state index contributed by atoms with van der Waals surface area (Å²) in [4.78, 5) is 0. The Hall–Kier alpha value is -1.63. The van der Waals surface area contributed by atoms with Gasteiger partial charge in [0.1, 0.15) is 0 Å². The van der Waals surface area contributed by atoms with E-state index in [4.69, 9.17) is 20.8 Å². The summed E-state index contributed by atoms with van der Waals surface area (Å²) in [6, 6.07) is 5.48. The molecule has 0 heterocycles. The van der Waals surface area contributed by atoms with E-state index in [0.29, 0.717) is 18.7 Å². The largest absolute Gasteiger partial charge is 0.409 e. The van der Waals surface area contributed by atoms with Gasteiger partial charge in [-0.1, -0.05) is 17.3 Å². The Bertz CT molecular complexity index is 435. The number of methoxy groups -OCH3 is 1. The number of ether oxygens (including phenoxy) is 1. The average molecular weight is 267 g/mol. The van der Waals surface area contributed by atoms with E-state index in [2.05, 4.69) is 10.5 Å². The van der Waals surface area contributed by atoms with Crippen molar-refractivity contribution in [2.24, 2.45) is 10.9 Å². The summed E-state index contributed by atoms with van der Waals surface area (Å²) in [6.45, 7) is 3.05. The quantitative estimate of drug-likeness (QED) is 0.244. The highest BCUT2D eigenvalue weighted by atomic mass is 16.5. The van der Waals surface area contributed by atoms with Gasteiger partial charge in [-0.3, -0.25) is 0 Å². The third-order valence-electron chi connectivity index (χ3n) is 2.92. The van der Waals surface area contributed by atoms with Crippen LogP contribution in [0.2, 0.25) is 0 Å². The van der Waals surface area contributed by atoms with Crippen molar-refractivity contribution < 1.29 is 15.1 Å². The van der Waals surface area contributed by atoms with E-state index in [1.807, 2.05) is 19.1 Å². The molecular weight excluding hydrogens is 246 g/mol. The van der Waals surface area contributed by atoms with Crippen LogP contribution in [0.15, 0.2) is 23.4 Å². The zero-order valence-electron chi connectivity index (χ0n) is 11.3. The molecule has 1 aromatic rings. The minimum absolute atomic E-state index is 0.0229. The maximum atomic E-state index is 9.15. The summed E-state index contributed by atoms with van der Waals surface area (Å²) in [5.74, 6) is 0.0928. The Morgan fingerprint density at radius 2 is 2.26 bits per heavy atom. The molecule has 0 saturated carbocycles. The van der Waals surface area contributed by atoms with Crippen LogP contribution in [0.25, 0.3) is 0 Å². The van der Waals surface area contributed by atoms with Gasteiger partial charge in [0, 0.05) is 19.2 Å². The van der Waals surface area contributed by atoms with Crippen molar-refractivity contribution in [3.63, 3.8) is 0 Å². The molecule has 0 fully saturated rings. The molecule has 0 aliphatic carbocycles. The molecule has 19 heavy (non-hydrogen) atoms. The van der Waals surface area contributed by atoms with E-state index in [0.717, 1.165) is 11.1 Å². The maximum Gasteiger partial charge on any atom is 0.170 e. The van der Waals surface area contributed by atoms with E-state index in [9.17, 15) is 0 Å². The van der Waals surface area contributed by atoms with Crippen molar-refractivity contribution in [1.82, 2.24) is 5.32 Å². The molecule has 1 rings (SSSR count). The number of aliphatic hydroxyl groups excluding tert-OH is 1. The van der Waals surface area contributed by atoms with E-state index in [1.165, 1.54) is 0 Å². The zero-order chi connectivity index (χ0) is 14.3. The normalized spacial score (nSPS) is 13.5. The van der Waals surface area contributed by atoms with Crippen LogP contribution < -0.4 is 11.1 Å². The second kappa shape index (κ2) is 7.73. The van der Waals surface area contributed by atoms with Gasteiger partial charge in [0.25, 0.3) is 0 Å². The minimum atomic E-state index is -0.0897. The summed E-state index contributed by atoms with van der Waals surface area (Å²) in [6.07, 6.45) is 0. The zero-order valence-corrected chi connectivity index (χ0v) is 11.3. The minimum Gasteiger partial charge on any atom is -0.409 e. The molecule has 6 nitrogen and oxygen atoms in total. The number of aryl methyl sites for hydroxylation is 1. The Labute approximate surface area is 112 Å². The molecule has 0 aromatic heterocycles. The van der Waals surface area contributed by atoms with Gasteiger partial charge < -0.3 is 26.1 Å². The fraction of sp³-hybridized carbons (Fsp3) is 0.462. The predicted molar refractivity (Wildman–Crippen MR) is 73.3 cm³/mol. The van der Waals surface area contributed by atoms with Crippen LogP contribution in [0, 0.1) is 6.92 Å². The van der Waals surface area contributed by atoms with Crippen molar-refractivity contribution >= 4 is 5.84 Å². The van der Waals surface area contributed by atoms with Crippen LogP contribution >= 0.6 is 0 Å². The second-order valence-electron chi connectivity index (χ2n) is 4.34. The summed E-state index contributed by atoms with van der Waals surface area (Å²) in [5.41, 5.74) is 8.33. The van der Waals surface area contributed by atoms with Crippen molar-refractivity contribution in [3.05, 3.63) is 34.9 Å². The number of rotatable bonds is 7. The second-order valence-corrected chi connectivity index (χ2v) is 4.34. The highest BCUT2D eigenvalue weighted by molar-refractivity contribution is 5.97. The molecule has 1 atom stereocenters. The predicted octanol–water partition coefficient (Wildman–Crippen LogP) is 0.186. The first kappa shape index (κ1) is 15.4. The topological polar surface area (TPSA) is 100 Å². The Morgan fingerprint density at radius 3 is 2.79 bits per heavy atom. The smallest absolute Gasteiger partial charge is 0.170 e. The Balaban J connectivity index is 2.70. The van der Waals surface area contributed by atoms with Gasteiger partial charge in [0.05, 0.1) is 19.3 Å². The monoisotopic (exact) mass is 267 g/mol. The maximum absolute atomic E-state index is 9.15. The Morgan fingerprint density at radius 1 is 1.53 bits per heavy atom. The molecule has 1 aromatic carbocycles. The molecule has 0 aliphatic rings. The number of hydrogen-bond donors (Lipinski definition) is 4. The SMILES string of the molecule is COCC(CO)NCc1ccc(/C(N)=N/O)cc1C. The molecule has 0 spiro atoms. The third-order valence-corrected chi connectivity index (χ3v) is 2.92. The summed E-state index contributed by atoms with van der Waals surface area (Å²) in [7, 11) is 1.60. The Kier molecular flexibility index (Phi) is 6.27. The van der Waals surface area contributed by atoms with E-state index in [1.54, 1.807) is 13.2 Å². The number of oxime groups is 1. The lowest BCUT2D eigenvalue weighted by Gasteiger charge is -2.16. The van der Waals surface area contributed by atoms with Gasteiger partial charge in [0.15, 0.2) is 5.84 Å². The molecule has 0 aliphatic heterocycles. The van der Waals surface area contributed by atoms with Gasteiger partial charge in [-0.15, -0.1) is 0 Å². The molecule has 0 bridgehead atoms.